The van der Waals surface area contributed by atoms with Crippen molar-refractivity contribution in [3.63, 3.8) is 0 Å². The topological polar surface area (TPSA) is 61.4 Å². The maximum atomic E-state index is 11.4. The molecular weight excluding hydrogens is 242 g/mol. The Morgan fingerprint density at radius 1 is 1.32 bits per heavy atom. The molecule has 0 aliphatic carbocycles. The molecule has 0 radical (unpaired) electrons. The molecule has 0 bridgehead atoms. The molecule has 1 amide bonds. The molecule has 0 atom stereocenters. The van der Waals surface area contributed by atoms with Gasteiger partial charge in [-0.15, -0.1) is 0 Å². The first-order valence-corrected chi connectivity index (χ1v) is 6.70. The fourth-order valence-electron chi connectivity index (χ4n) is 2.70. The molecule has 2 aliphatic heterocycles. The number of aromatic nitrogens is 2. The third kappa shape index (κ3) is 2.53. The zero-order chi connectivity index (χ0) is 13.4. The van der Waals surface area contributed by atoms with Gasteiger partial charge in [0, 0.05) is 44.0 Å². The lowest BCUT2D eigenvalue weighted by molar-refractivity contribution is -0.125. The lowest BCUT2D eigenvalue weighted by atomic mass is 10.1. The highest BCUT2D eigenvalue weighted by molar-refractivity contribution is 5.78. The SMILES string of the molecule is Cc1cc(N2CC(N3CCNC(=O)C3)C2)nc(C)n1. The second kappa shape index (κ2) is 4.77. The molecule has 3 heterocycles. The Hall–Kier alpha value is -1.69. The van der Waals surface area contributed by atoms with Gasteiger partial charge < -0.3 is 10.2 Å². The van der Waals surface area contributed by atoms with Crippen molar-refractivity contribution in [3.05, 3.63) is 17.6 Å². The Bertz CT molecular complexity index is 478. The number of piperazine rings is 1. The number of rotatable bonds is 2. The van der Waals surface area contributed by atoms with Gasteiger partial charge in [0.15, 0.2) is 0 Å². The highest BCUT2D eigenvalue weighted by Gasteiger charge is 2.34. The van der Waals surface area contributed by atoms with Gasteiger partial charge in [0.2, 0.25) is 5.91 Å². The van der Waals surface area contributed by atoms with Crippen LogP contribution in [0.1, 0.15) is 11.5 Å². The number of nitrogens with one attached hydrogen (secondary N) is 1. The number of aryl methyl sites for hydroxylation is 2. The molecule has 3 rings (SSSR count). The average Bonchev–Trinajstić information content (AvgIpc) is 2.25. The van der Waals surface area contributed by atoms with E-state index in [-0.39, 0.29) is 5.91 Å². The van der Waals surface area contributed by atoms with Crippen LogP contribution in [0.3, 0.4) is 0 Å². The quantitative estimate of drug-likeness (QED) is 0.793. The summed E-state index contributed by atoms with van der Waals surface area (Å²) in [4.78, 5) is 24.6. The maximum Gasteiger partial charge on any atom is 0.234 e. The molecule has 6 nitrogen and oxygen atoms in total. The van der Waals surface area contributed by atoms with E-state index in [9.17, 15) is 4.79 Å². The van der Waals surface area contributed by atoms with Crippen molar-refractivity contribution in [2.24, 2.45) is 0 Å². The number of nitrogens with zero attached hydrogens (tertiary/aromatic N) is 4. The zero-order valence-electron chi connectivity index (χ0n) is 11.4. The molecule has 6 heteroatoms. The van der Waals surface area contributed by atoms with Crippen molar-refractivity contribution in [2.75, 3.05) is 37.6 Å². The van der Waals surface area contributed by atoms with Crippen LogP contribution in [0.4, 0.5) is 5.82 Å². The van der Waals surface area contributed by atoms with Crippen LogP contribution in [-0.4, -0.2) is 59.5 Å². The highest BCUT2D eigenvalue weighted by atomic mass is 16.2. The molecule has 2 fully saturated rings. The summed E-state index contributed by atoms with van der Waals surface area (Å²) >= 11 is 0. The molecule has 0 saturated carbocycles. The third-order valence-corrected chi connectivity index (χ3v) is 3.72. The summed E-state index contributed by atoms with van der Waals surface area (Å²) in [5.74, 6) is 1.96. The largest absolute Gasteiger partial charge is 0.354 e. The average molecular weight is 261 g/mol. The highest BCUT2D eigenvalue weighted by Crippen LogP contribution is 2.22. The summed E-state index contributed by atoms with van der Waals surface area (Å²) in [6.45, 7) is 8.05. The van der Waals surface area contributed by atoms with E-state index in [1.807, 2.05) is 19.9 Å². The molecule has 102 valence electrons. The summed E-state index contributed by atoms with van der Waals surface area (Å²) in [5.41, 5.74) is 1.00. The molecule has 1 aromatic rings. The minimum Gasteiger partial charge on any atom is -0.354 e. The van der Waals surface area contributed by atoms with E-state index in [0.29, 0.717) is 12.6 Å². The summed E-state index contributed by atoms with van der Waals surface area (Å²) in [6, 6.07) is 2.49. The first-order valence-electron chi connectivity index (χ1n) is 6.70. The molecule has 1 N–H and O–H groups in total. The number of carbonyl (C=O) groups is 1. The van der Waals surface area contributed by atoms with Crippen molar-refractivity contribution in [2.45, 2.75) is 19.9 Å². The second-order valence-electron chi connectivity index (χ2n) is 5.29. The molecular formula is C13H19N5O. The molecule has 2 saturated heterocycles. The number of anilines is 1. The van der Waals surface area contributed by atoms with E-state index in [1.165, 1.54) is 0 Å². The first-order chi connectivity index (χ1) is 9.11. The van der Waals surface area contributed by atoms with Gasteiger partial charge in [0.25, 0.3) is 0 Å². The van der Waals surface area contributed by atoms with Crippen molar-refractivity contribution in [3.8, 4) is 0 Å². The van der Waals surface area contributed by atoms with Crippen LogP contribution in [0.15, 0.2) is 6.07 Å². The van der Waals surface area contributed by atoms with Crippen LogP contribution in [0, 0.1) is 13.8 Å². The van der Waals surface area contributed by atoms with Gasteiger partial charge in [0.1, 0.15) is 11.6 Å². The van der Waals surface area contributed by atoms with Gasteiger partial charge >= 0.3 is 0 Å². The standard InChI is InChI=1S/C13H19N5O/c1-9-5-12(16-10(2)15-9)18-6-11(7-18)17-4-3-14-13(19)8-17/h5,11H,3-4,6-8H2,1-2H3,(H,14,19). The smallest absolute Gasteiger partial charge is 0.234 e. The second-order valence-corrected chi connectivity index (χ2v) is 5.29. The maximum absolute atomic E-state index is 11.4. The van der Waals surface area contributed by atoms with Crippen molar-refractivity contribution in [1.29, 1.82) is 0 Å². The van der Waals surface area contributed by atoms with Crippen molar-refractivity contribution >= 4 is 11.7 Å². The van der Waals surface area contributed by atoms with Crippen LogP contribution >= 0.6 is 0 Å². The molecule has 2 aliphatic rings. The van der Waals surface area contributed by atoms with E-state index < -0.39 is 0 Å². The fraction of sp³-hybridized carbons (Fsp3) is 0.615. The summed E-state index contributed by atoms with van der Waals surface area (Å²) in [7, 11) is 0. The zero-order valence-corrected chi connectivity index (χ0v) is 11.4. The lowest BCUT2D eigenvalue weighted by Gasteiger charge is -2.46. The van der Waals surface area contributed by atoms with Crippen LogP contribution in [-0.2, 0) is 4.79 Å². The van der Waals surface area contributed by atoms with Crippen molar-refractivity contribution < 1.29 is 4.79 Å². The van der Waals surface area contributed by atoms with Crippen LogP contribution in [0.5, 0.6) is 0 Å². The van der Waals surface area contributed by atoms with Gasteiger partial charge in [-0.3, -0.25) is 9.69 Å². The normalized spacial score (nSPS) is 21.2. The van der Waals surface area contributed by atoms with Crippen LogP contribution < -0.4 is 10.2 Å². The summed E-state index contributed by atoms with van der Waals surface area (Å²) in [6.07, 6.45) is 0. The molecule has 0 aromatic carbocycles. The number of hydrogen-bond donors (Lipinski definition) is 1. The summed E-state index contributed by atoms with van der Waals surface area (Å²) in [5, 5.41) is 2.86. The minimum atomic E-state index is 0.137. The Kier molecular flexibility index (Phi) is 3.10. The van der Waals surface area contributed by atoms with Crippen LogP contribution in [0.25, 0.3) is 0 Å². The Balaban J connectivity index is 1.61. The lowest BCUT2D eigenvalue weighted by Crippen LogP contribution is -2.64. The monoisotopic (exact) mass is 261 g/mol. The number of hydrogen-bond acceptors (Lipinski definition) is 5. The summed E-state index contributed by atoms with van der Waals surface area (Å²) < 4.78 is 0. The Morgan fingerprint density at radius 2 is 2.11 bits per heavy atom. The Morgan fingerprint density at radius 3 is 2.79 bits per heavy atom. The van der Waals surface area contributed by atoms with E-state index in [0.717, 1.165) is 43.5 Å². The van der Waals surface area contributed by atoms with Gasteiger partial charge in [-0.2, -0.15) is 0 Å². The Labute approximate surface area is 112 Å². The minimum absolute atomic E-state index is 0.137. The van der Waals surface area contributed by atoms with Gasteiger partial charge in [-0.05, 0) is 13.8 Å². The van der Waals surface area contributed by atoms with Crippen molar-refractivity contribution in [1.82, 2.24) is 20.2 Å². The third-order valence-electron chi connectivity index (χ3n) is 3.72. The van der Waals surface area contributed by atoms with Gasteiger partial charge in [-0.1, -0.05) is 0 Å². The van der Waals surface area contributed by atoms with E-state index in [1.54, 1.807) is 0 Å². The number of carbonyl (C=O) groups excluding carboxylic acids is 1. The molecule has 0 unspecified atom stereocenters. The predicted molar refractivity (Wildman–Crippen MR) is 72.1 cm³/mol. The first kappa shape index (κ1) is 12.3. The van der Waals surface area contributed by atoms with E-state index in [4.69, 9.17) is 0 Å². The molecule has 19 heavy (non-hydrogen) atoms. The van der Waals surface area contributed by atoms with Gasteiger partial charge in [-0.25, -0.2) is 9.97 Å². The number of amides is 1. The predicted octanol–water partition coefficient (Wildman–Crippen LogP) is -0.286. The van der Waals surface area contributed by atoms with E-state index in [2.05, 4.69) is 25.1 Å². The van der Waals surface area contributed by atoms with Crippen LogP contribution in [0.2, 0.25) is 0 Å². The van der Waals surface area contributed by atoms with E-state index >= 15 is 0 Å². The molecule has 1 aromatic heterocycles. The van der Waals surface area contributed by atoms with Gasteiger partial charge in [0.05, 0.1) is 6.54 Å². The molecule has 0 spiro atoms. The fourth-order valence-corrected chi connectivity index (χ4v) is 2.70.